The van der Waals surface area contributed by atoms with E-state index >= 15 is 0 Å². The van der Waals surface area contributed by atoms with E-state index in [1.54, 1.807) is 0 Å². The van der Waals surface area contributed by atoms with Crippen LogP contribution in [0.15, 0.2) is 0 Å². The van der Waals surface area contributed by atoms with Gasteiger partial charge >= 0.3 is 11.9 Å². The van der Waals surface area contributed by atoms with Crippen molar-refractivity contribution in [2.75, 3.05) is 26.2 Å². The molecule has 0 atom stereocenters. The summed E-state index contributed by atoms with van der Waals surface area (Å²) in [5.74, 6) is -0.0159. The van der Waals surface area contributed by atoms with Crippen molar-refractivity contribution in [3.05, 3.63) is 0 Å². The molecule has 0 aliphatic carbocycles. The zero-order valence-electron chi connectivity index (χ0n) is 31.4. The fourth-order valence-corrected chi connectivity index (χ4v) is 6.26. The normalized spacial score (nSPS) is 11.7. The summed E-state index contributed by atoms with van der Waals surface area (Å²) in [4.78, 5) is 27.3. The van der Waals surface area contributed by atoms with E-state index in [0.717, 1.165) is 84.0 Å². The van der Waals surface area contributed by atoms with Crippen LogP contribution in [0.2, 0.25) is 0 Å². The van der Waals surface area contributed by atoms with Crippen LogP contribution in [0.3, 0.4) is 0 Å². The SMILES string of the molecule is CCCCCCCCC(CCCCCCCC)OC(=O)CCCCN(CCCN)CCCCCCCCCC(=O)OC(CC)CC. The van der Waals surface area contributed by atoms with Gasteiger partial charge in [-0.05, 0) is 96.8 Å². The van der Waals surface area contributed by atoms with Gasteiger partial charge in [0.25, 0.3) is 0 Å². The molecule has 0 aromatic carbocycles. The summed E-state index contributed by atoms with van der Waals surface area (Å²) in [7, 11) is 0. The number of rotatable bonds is 36. The van der Waals surface area contributed by atoms with Crippen LogP contribution in [0.4, 0.5) is 0 Å². The van der Waals surface area contributed by atoms with Crippen LogP contribution in [0.5, 0.6) is 0 Å². The van der Waals surface area contributed by atoms with Crippen molar-refractivity contribution in [1.82, 2.24) is 4.90 Å². The van der Waals surface area contributed by atoms with Gasteiger partial charge in [-0.15, -0.1) is 0 Å². The molecule has 0 aliphatic rings. The number of esters is 2. The number of nitrogens with zero attached hydrogens (tertiary/aromatic N) is 1. The van der Waals surface area contributed by atoms with Gasteiger partial charge in [0.05, 0.1) is 0 Å². The van der Waals surface area contributed by atoms with Crippen LogP contribution in [0.25, 0.3) is 0 Å². The Morgan fingerprint density at radius 1 is 0.478 bits per heavy atom. The third kappa shape index (κ3) is 30.2. The smallest absolute Gasteiger partial charge is 0.306 e. The summed E-state index contributed by atoms with van der Waals surface area (Å²) in [6.07, 6.45) is 31.8. The minimum atomic E-state index is -0.0284. The second-order valence-corrected chi connectivity index (χ2v) is 13.8. The van der Waals surface area contributed by atoms with Crippen LogP contribution in [-0.2, 0) is 19.1 Å². The minimum Gasteiger partial charge on any atom is -0.462 e. The quantitative estimate of drug-likeness (QED) is 0.0536. The molecule has 6 heteroatoms. The van der Waals surface area contributed by atoms with E-state index in [2.05, 4.69) is 32.6 Å². The molecule has 0 saturated heterocycles. The minimum absolute atomic E-state index is 0.0125. The summed E-state index contributed by atoms with van der Waals surface area (Å²) >= 11 is 0. The molecule has 0 aromatic heterocycles. The molecular weight excluding hydrogens is 572 g/mol. The standard InChI is InChI=1S/C40H80N2O4/c1-5-9-11-13-18-22-29-38(30-23-19-14-12-10-6-2)46-40(44)32-25-27-35-42(36-28-33-41)34-26-21-17-15-16-20-24-31-39(43)45-37(7-3)8-4/h37-38H,5-36,41H2,1-4H3. The first-order chi connectivity index (χ1) is 22.5. The average molecular weight is 653 g/mol. The van der Waals surface area contributed by atoms with E-state index < -0.39 is 0 Å². The van der Waals surface area contributed by atoms with Gasteiger partial charge in [-0.25, -0.2) is 0 Å². The number of nitrogens with two attached hydrogens (primary N) is 1. The number of ether oxygens (including phenoxy) is 2. The predicted molar refractivity (Wildman–Crippen MR) is 197 cm³/mol. The molecule has 0 bridgehead atoms. The van der Waals surface area contributed by atoms with Crippen molar-refractivity contribution in [2.45, 2.75) is 220 Å². The fourth-order valence-electron chi connectivity index (χ4n) is 6.26. The van der Waals surface area contributed by atoms with Gasteiger partial charge in [0, 0.05) is 12.8 Å². The molecule has 0 rings (SSSR count). The second-order valence-electron chi connectivity index (χ2n) is 13.8. The molecule has 0 heterocycles. The lowest BCUT2D eigenvalue weighted by Gasteiger charge is -2.22. The van der Waals surface area contributed by atoms with E-state index in [0.29, 0.717) is 12.8 Å². The summed E-state index contributed by atoms with van der Waals surface area (Å²) < 4.78 is 11.5. The van der Waals surface area contributed by atoms with E-state index in [1.807, 2.05) is 0 Å². The van der Waals surface area contributed by atoms with Crippen molar-refractivity contribution in [3.63, 3.8) is 0 Å². The van der Waals surface area contributed by atoms with Gasteiger partial charge < -0.3 is 20.1 Å². The second kappa shape index (κ2) is 35.2. The largest absolute Gasteiger partial charge is 0.462 e. The topological polar surface area (TPSA) is 81.9 Å². The third-order valence-electron chi connectivity index (χ3n) is 9.41. The van der Waals surface area contributed by atoms with E-state index in [9.17, 15) is 9.59 Å². The Labute approximate surface area is 287 Å². The molecule has 0 aliphatic heterocycles. The first kappa shape index (κ1) is 44.9. The van der Waals surface area contributed by atoms with Gasteiger partial charge in [0.15, 0.2) is 0 Å². The van der Waals surface area contributed by atoms with E-state index in [1.165, 1.54) is 109 Å². The van der Waals surface area contributed by atoms with Gasteiger partial charge in [0.2, 0.25) is 0 Å². The van der Waals surface area contributed by atoms with Crippen molar-refractivity contribution in [3.8, 4) is 0 Å². The molecule has 0 fully saturated rings. The Morgan fingerprint density at radius 2 is 0.848 bits per heavy atom. The molecule has 2 N–H and O–H groups in total. The molecule has 0 unspecified atom stereocenters. The molecule has 6 nitrogen and oxygen atoms in total. The fraction of sp³-hybridized carbons (Fsp3) is 0.950. The molecule has 0 radical (unpaired) electrons. The lowest BCUT2D eigenvalue weighted by molar-refractivity contribution is -0.150. The summed E-state index contributed by atoms with van der Waals surface area (Å²) in [6.45, 7) is 12.6. The Balaban J connectivity index is 4.21. The molecule has 46 heavy (non-hydrogen) atoms. The summed E-state index contributed by atoms with van der Waals surface area (Å²) in [5.41, 5.74) is 5.82. The van der Waals surface area contributed by atoms with Crippen LogP contribution in [0, 0.1) is 0 Å². The highest BCUT2D eigenvalue weighted by atomic mass is 16.5. The number of carbonyl (C=O) groups excluding carboxylic acids is 2. The zero-order chi connectivity index (χ0) is 33.9. The highest BCUT2D eigenvalue weighted by Gasteiger charge is 2.15. The molecule has 0 aromatic rings. The molecule has 0 amide bonds. The lowest BCUT2D eigenvalue weighted by Crippen LogP contribution is -2.28. The first-order valence-corrected chi connectivity index (χ1v) is 20.3. The zero-order valence-corrected chi connectivity index (χ0v) is 31.4. The Hall–Kier alpha value is -1.14. The molecule has 0 spiro atoms. The van der Waals surface area contributed by atoms with Gasteiger partial charge in [-0.2, -0.15) is 0 Å². The van der Waals surface area contributed by atoms with Crippen LogP contribution in [-0.4, -0.2) is 55.2 Å². The molecule has 274 valence electrons. The summed E-state index contributed by atoms with van der Waals surface area (Å²) in [5, 5.41) is 0. The lowest BCUT2D eigenvalue weighted by atomic mass is 10.0. The van der Waals surface area contributed by atoms with E-state index in [-0.39, 0.29) is 24.1 Å². The van der Waals surface area contributed by atoms with E-state index in [4.69, 9.17) is 15.2 Å². The van der Waals surface area contributed by atoms with Gasteiger partial charge in [-0.1, -0.05) is 124 Å². The Kier molecular flexibility index (Phi) is 34.3. The first-order valence-electron chi connectivity index (χ1n) is 20.3. The van der Waals surface area contributed by atoms with Gasteiger partial charge in [0.1, 0.15) is 12.2 Å². The van der Waals surface area contributed by atoms with Crippen LogP contribution < -0.4 is 5.73 Å². The highest BCUT2D eigenvalue weighted by Crippen LogP contribution is 2.18. The predicted octanol–water partition coefficient (Wildman–Crippen LogP) is 11.1. The van der Waals surface area contributed by atoms with Crippen molar-refractivity contribution in [1.29, 1.82) is 0 Å². The third-order valence-corrected chi connectivity index (χ3v) is 9.41. The van der Waals surface area contributed by atoms with Crippen LogP contribution in [0.1, 0.15) is 207 Å². The number of unbranched alkanes of at least 4 members (excludes halogenated alkanes) is 17. The maximum absolute atomic E-state index is 12.8. The molecular formula is C40H80N2O4. The van der Waals surface area contributed by atoms with Gasteiger partial charge in [-0.3, -0.25) is 9.59 Å². The molecule has 0 saturated carbocycles. The van der Waals surface area contributed by atoms with Crippen molar-refractivity contribution in [2.24, 2.45) is 5.73 Å². The Morgan fingerprint density at radius 3 is 1.33 bits per heavy atom. The van der Waals surface area contributed by atoms with Crippen LogP contribution >= 0.6 is 0 Å². The number of carbonyl (C=O) groups is 2. The monoisotopic (exact) mass is 653 g/mol. The summed E-state index contributed by atoms with van der Waals surface area (Å²) in [6, 6.07) is 0. The van der Waals surface area contributed by atoms with Crippen molar-refractivity contribution >= 4 is 11.9 Å². The maximum atomic E-state index is 12.8. The number of hydrogen-bond donors (Lipinski definition) is 1. The Bertz CT molecular complexity index is 639. The number of hydrogen-bond acceptors (Lipinski definition) is 6. The average Bonchev–Trinajstić information content (AvgIpc) is 3.06. The van der Waals surface area contributed by atoms with Crippen molar-refractivity contribution < 1.29 is 19.1 Å². The maximum Gasteiger partial charge on any atom is 0.306 e. The highest BCUT2D eigenvalue weighted by molar-refractivity contribution is 5.69.